The van der Waals surface area contributed by atoms with Crippen molar-refractivity contribution >= 4 is 5.78 Å². The van der Waals surface area contributed by atoms with Gasteiger partial charge in [-0.15, -0.1) is 0 Å². The van der Waals surface area contributed by atoms with Crippen LogP contribution in [0.4, 0.5) is 0 Å². The summed E-state index contributed by atoms with van der Waals surface area (Å²) >= 11 is 0. The summed E-state index contributed by atoms with van der Waals surface area (Å²) in [7, 11) is 0. The molecule has 2 rings (SSSR count). The molecule has 0 saturated heterocycles. The maximum atomic E-state index is 11.9. The number of carbonyl (C=O) groups excluding carboxylic acids is 1. The van der Waals surface area contributed by atoms with E-state index in [1.165, 1.54) is 38.8 Å². The van der Waals surface area contributed by atoms with E-state index in [0.717, 1.165) is 18.3 Å². The topological polar surface area (TPSA) is 20.3 Å². The minimum absolute atomic E-state index is 0.251. The van der Waals surface area contributed by atoms with Gasteiger partial charge in [0, 0.05) is 19.0 Å². The average Bonchev–Trinajstić information content (AvgIpc) is 3.12. The molecule has 0 aromatic rings. The number of carbonyl (C=O) groups is 1. The highest BCUT2D eigenvalue weighted by molar-refractivity contribution is 5.82. The van der Waals surface area contributed by atoms with Crippen molar-refractivity contribution in [3.05, 3.63) is 0 Å². The van der Waals surface area contributed by atoms with Gasteiger partial charge in [-0.2, -0.15) is 0 Å². The van der Waals surface area contributed by atoms with E-state index in [9.17, 15) is 4.79 Å². The molecule has 0 aromatic carbocycles. The van der Waals surface area contributed by atoms with E-state index >= 15 is 0 Å². The van der Waals surface area contributed by atoms with E-state index in [1.807, 2.05) is 0 Å². The van der Waals surface area contributed by atoms with E-state index in [0.29, 0.717) is 12.3 Å². The molecule has 2 aliphatic carbocycles. The number of hydrogen-bond acceptors (Lipinski definition) is 2. The zero-order valence-corrected chi connectivity index (χ0v) is 10.7. The van der Waals surface area contributed by atoms with Crippen LogP contribution in [0.5, 0.6) is 0 Å². The maximum absolute atomic E-state index is 11.9. The van der Waals surface area contributed by atoms with Gasteiger partial charge in [0.15, 0.2) is 0 Å². The lowest BCUT2D eigenvalue weighted by Crippen LogP contribution is -2.35. The molecular weight excluding hydrogens is 198 g/mol. The van der Waals surface area contributed by atoms with Crippen LogP contribution in [0.15, 0.2) is 0 Å². The van der Waals surface area contributed by atoms with Crippen molar-refractivity contribution in [1.82, 2.24) is 4.90 Å². The summed E-state index contributed by atoms with van der Waals surface area (Å²) in [5, 5.41) is 0. The molecular formula is C14H25NO. The molecule has 16 heavy (non-hydrogen) atoms. The van der Waals surface area contributed by atoms with E-state index in [1.54, 1.807) is 0 Å². The molecule has 0 aromatic heterocycles. The van der Waals surface area contributed by atoms with Crippen LogP contribution in [0.3, 0.4) is 0 Å². The summed E-state index contributed by atoms with van der Waals surface area (Å²) in [5.74, 6) is 2.51. The molecule has 1 atom stereocenters. The van der Waals surface area contributed by atoms with Crippen LogP contribution in [0.1, 0.15) is 46.0 Å². The fraction of sp³-hybridized carbons (Fsp3) is 0.929. The molecule has 0 aliphatic heterocycles. The predicted octanol–water partition coefficient (Wildman–Crippen LogP) is 2.72. The highest BCUT2D eigenvalue weighted by Gasteiger charge is 2.30. The largest absolute Gasteiger partial charge is 0.298 e. The van der Waals surface area contributed by atoms with Crippen molar-refractivity contribution in [3.8, 4) is 0 Å². The molecule has 1 unspecified atom stereocenters. The third-order valence-corrected chi connectivity index (χ3v) is 3.97. The van der Waals surface area contributed by atoms with Crippen molar-refractivity contribution in [2.24, 2.45) is 17.8 Å². The quantitative estimate of drug-likeness (QED) is 0.630. The monoisotopic (exact) mass is 223 g/mol. The molecule has 0 bridgehead atoms. The molecule has 2 fully saturated rings. The van der Waals surface area contributed by atoms with Gasteiger partial charge in [-0.25, -0.2) is 0 Å². The molecule has 2 heteroatoms. The Morgan fingerprint density at radius 2 is 1.69 bits per heavy atom. The van der Waals surface area contributed by atoms with E-state index in [4.69, 9.17) is 0 Å². The second kappa shape index (κ2) is 5.31. The molecule has 0 radical (unpaired) electrons. The minimum Gasteiger partial charge on any atom is -0.298 e. The zero-order valence-electron chi connectivity index (χ0n) is 10.7. The first-order valence-electron chi connectivity index (χ1n) is 6.94. The first kappa shape index (κ1) is 12.1. The van der Waals surface area contributed by atoms with Gasteiger partial charge >= 0.3 is 0 Å². The normalized spacial score (nSPS) is 22.4. The third kappa shape index (κ3) is 3.89. The molecule has 92 valence electrons. The molecule has 0 N–H and O–H groups in total. The molecule has 0 heterocycles. The SMILES string of the molecule is CCC(C)C(=O)CN(CC1CC1)CC1CC1. The van der Waals surface area contributed by atoms with Crippen LogP contribution in [-0.4, -0.2) is 30.3 Å². The third-order valence-electron chi connectivity index (χ3n) is 3.97. The Labute approximate surface area is 99.4 Å². The van der Waals surface area contributed by atoms with Crippen LogP contribution < -0.4 is 0 Å². The van der Waals surface area contributed by atoms with Crippen LogP contribution in [0.25, 0.3) is 0 Å². The van der Waals surface area contributed by atoms with Crippen LogP contribution in [-0.2, 0) is 4.79 Å². The predicted molar refractivity (Wildman–Crippen MR) is 66.4 cm³/mol. The molecule has 0 amide bonds. The first-order chi connectivity index (χ1) is 7.69. The van der Waals surface area contributed by atoms with Crippen molar-refractivity contribution in [2.75, 3.05) is 19.6 Å². The molecule has 2 nitrogen and oxygen atoms in total. The Morgan fingerprint density at radius 1 is 1.19 bits per heavy atom. The molecule has 2 saturated carbocycles. The summed E-state index contributed by atoms with van der Waals surface area (Å²) in [6.45, 7) is 7.24. The van der Waals surface area contributed by atoms with Gasteiger partial charge in [0.25, 0.3) is 0 Å². The minimum atomic E-state index is 0.251. The van der Waals surface area contributed by atoms with Gasteiger partial charge in [-0.3, -0.25) is 9.69 Å². The lowest BCUT2D eigenvalue weighted by molar-refractivity contribution is -0.123. The summed E-state index contributed by atoms with van der Waals surface area (Å²) in [6.07, 6.45) is 6.54. The Balaban J connectivity index is 1.76. The smallest absolute Gasteiger partial charge is 0.149 e. The van der Waals surface area contributed by atoms with Gasteiger partial charge in [0.1, 0.15) is 5.78 Å². The molecule has 2 aliphatic rings. The average molecular weight is 223 g/mol. The Morgan fingerprint density at radius 3 is 2.06 bits per heavy atom. The number of nitrogens with zero attached hydrogens (tertiary/aromatic N) is 1. The lowest BCUT2D eigenvalue weighted by atomic mass is 10.0. The standard InChI is InChI=1S/C14H25NO/c1-3-11(2)14(16)10-15(8-12-4-5-12)9-13-6-7-13/h11-13H,3-10H2,1-2H3. The number of ketones is 1. The number of rotatable bonds is 8. The summed E-state index contributed by atoms with van der Waals surface area (Å²) in [6, 6.07) is 0. The van der Waals surface area contributed by atoms with Crippen LogP contribution >= 0.6 is 0 Å². The Kier molecular flexibility index (Phi) is 4.01. The fourth-order valence-corrected chi connectivity index (χ4v) is 2.14. The highest BCUT2D eigenvalue weighted by Crippen LogP contribution is 2.33. The van der Waals surface area contributed by atoms with Crippen molar-refractivity contribution < 1.29 is 4.79 Å². The van der Waals surface area contributed by atoms with Crippen molar-refractivity contribution in [2.45, 2.75) is 46.0 Å². The van der Waals surface area contributed by atoms with Gasteiger partial charge in [0.2, 0.25) is 0 Å². The zero-order chi connectivity index (χ0) is 11.5. The second-order valence-electron chi connectivity index (χ2n) is 5.86. The van der Waals surface area contributed by atoms with E-state index in [2.05, 4.69) is 18.7 Å². The van der Waals surface area contributed by atoms with Gasteiger partial charge in [-0.1, -0.05) is 13.8 Å². The Hall–Kier alpha value is -0.370. The summed E-state index contributed by atoms with van der Waals surface area (Å²) < 4.78 is 0. The van der Waals surface area contributed by atoms with E-state index < -0.39 is 0 Å². The fourth-order valence-electron chi connectivity index (χ4n) is 2.14. The van der Waals surface area contributed by atoms with Crippen LogP contribution in [0, 0.1) is 17.8 Å². The highest BCUT2D eigenvalue weighted by atomic mass is 16.1. The molecule has 0 spiro atoms. The second-order valence-corrected chi connectivity index (χ2v) is 5.86. The van der Waals surface area contributed by atoms with Crippen LogP contribution in [0.2, 0.25) is 0 Å². The lowest BCUT2D eigenvalue weighted by Gasteiger charge is -2.22. The number of Topliss-reactive ketones (excluding diaryl/α,β-unsaturated/α-hetero) is 1. The van der Waals surface area contributed by atoms with Crippen molar-refractivity contribution in [3.63, 3.8) is 0 Å². The van der Waals surface area contributed by atoms with E-state index in [-0.39, 0.29) is 5.92 Å². The van der Waals surface area contributed by atoms with Gasteiger partial charge < -0.3 is 0 Å². The summed E-state index contributed by atoms with van der Waals surface area (Å²) in [4.78, 5) is 14.4. The summed E-state index contributed by atoms with van der Waals surface area (Å²) in [5.41, 5.74) is 0. The number of hydrogen-bond donors (Lipinski definition) is 0. The Bertz CT molecular complexity index is 229. The van der Waals surface area contributed by atoms with Gasteiger partial charge in [0.05, 0.1) is 6.54 Å². The van der Waals surface area contributed by atoms with Gasteiger partial charge in [-0.05, 0) is 43.9 Å². The maximum Gasteiger partial charge on any atom is 0.149 e. The first-order valence-corrected chi connectivity index (χ1v) is 6.94. The van der Waals surface area contributed by atoms with Crippen molar-refractivity contribution in [1.29, 1.82) is 0 Å².